The molecule has 158 valence electrons. The average Bonchev–Trinajstić information content (AvgIpc) is 2.73. The van der Waals surface area contributed by atoms with Crippen LogP contribution in [0.25, 0.3) is 11.1 Å². The standard InChI is InChI=1S/C22H23FN2O4S/c1-15(21(26)11-4-16-3-2-12-25-14-16)29-19-8-5-17(6-9-19)18-7-10-20(23)22(13-18)30(24,27)28/h2-3,5-10,12-15,21,26H,4,11H2,1H3,(H2,24,27,28)/t15-,21+/m0/s1. The van der Waals surface area contributed by atoms with Crippen molar-refractivity contribution < 1.29 is 22.7 Å². The number of aryl methyl sites for hydroxylation is 1. The lowest BCUT2D eigenvalue weighted by atomic mass is 10.0. The third kappa shape index (κ3) is 5.63. The number of aromatic nitrogens is 1. The number of halogens is 1. The van der Waals surface area contributed by atoms with E-state index in [9.17, 15) is 17.9 Å². The van der Waals surface area contributed by atoms with Crippen LogP contribution in [0.1, 0.15) is 18.9 Å². The molecule has 0 saturated carbocycles. The molecule has 0 fully saturated rings. The third-order valence-corrected chi connectivity index (χ3v) is 5.67. The molecular formula is C22H23FN2O4S. The fraction of sp³-hybridized carbons (Fsp3) is 0.227. The SMILES string of the molecule is C[C@H](Oc1ccc(-c2ccc(F)c(S(N)(=O)=O)c2)cc1)[C@H](O)CCc1cccnc1. The van der Waals surface area contributed by atoms with Gasteiger partial charge in [0.15, 0.2) is 0 Å². The Labute approximate surface area is 175 Å². The Kier molecular flexibility index (Phi) is 6.81. The van der Waals surface area contributed by atoms with Crippen molar-refractivity contribution in [3.8, 4) is 16.9 Å². The number of benzene rings is 2. The first-order chi connectivity index (χ1) is 14.2. The topological polar surface area (TPSA) is 103 Å². The summed E-state index contributed by atoms with van der Waals surface area (Å²) in [7, 11) is -4.15. The van der Waals surface area contributed by atoms with E-state index in [1.165, 1.54) is 12.1 Å². The highest BCUT2D eigenvalue weighted by atomic mass is 32.2. The molecule has 0 unspecified atom stereocenters. The maximum atomic E-state index is 13.7. The van der Waals surface area contributed by atoms with Gasteiger partial charge in [0.2, 0.25) is 10.0 Å². The minimum absolute atomic E-state index is 0.424. The summed E-state index contributed by atoms with van der Waals surface area (Å²) in [5, 5.41) is 15.4. The molecule has 0 radical (unpaired) electrons. The van der Waals surface area contributed by atoms with E-state index < -0.39 is 32.9 Å². The summed E-state index contributed by atoms with van der Waals surface area (Å²) < 4.78 is 42.6. The van der Waals surface area contributed by atoms with Gasteiger partial charge in [0.25, 0.3) is 0 Å². The lowest BCUT2D eigenvalue weighted by Crippen LogP contribution is -2.29. The molecule has 0 saturated heterocycles. The Hall–Kier alpha value is -2.81. The molecule has 0 aliphatic rings. The zero-order valence-electron chi connectivity index (χ0n) is 16.4. The number of ether oxygens (including phenoxy) is 1. The summed E-state index contributed by atoms with van der Waals surface area (Å²) in [5.41, 5.74) is 2.24. The smallest absolute Gasteiger partial charge is 0.240 e. The second kappa shape index (κ2) is 9.34. The number of primary sulfonamides is 1. The second-order valence-corrected chi connectivity index (χ2v) is 8.53. The average molecular weight is 431 g/mol. The molecule has 0 aliphatic heterocycles. The van der Waals surface area contributed by atoms with Crippen LogP contribution in [0.15, 0.2) is 71.9 Å². The van der Waals surface area contributed by atoms with Crippen LogP contribution in [-0.4, -0.2) is 30.7 Å². The van der Waals surface area contributed by atoms with E-state index in [4.69, 9.17) is 9.88 Å². The van der Waals surface area contributed by atoms with E-state index in [1.54, 1.807) is 43.6 Å². The van der Waals surface area contributed by atoms with Gasteiger partial charge in [-0.3, -0.25) is 4.98 Å². The van der Waals surface area contributed by atoms with Crippen LogP contribution in [-0.2, 0) is 16.4 Å². The lowest BCUT2D eigenvalue weighted by molar-refractivity contribution is 0.0420. The van der Waals surface area contributed by atoms with Crippen LogP contribution in [0, 0.1) is 5.82 Å². The van der Waals surface area contributed by atoms with Crippen LogP contribution < -0.4 is 9.88 Å². The van der Waals surface area contributed by atoms with Gasteiger partial charge >= 0.3 is 0 Å². The van der Waals surface area contributed by atoms with Crippen molar-refractivity contribution in [1.29, 1.82) is 0 Å². The summed E-state index contributed by atoms with van der Waals surface area (Å²) in [4.78, 5) is 3.51. The first-order valence-corrected chi connectivity index (χ1v) is 10.9. The molecule has 30 heavy (non-hydrogen) atoms. The summed E-state index contributed by atoms with van der Waals surface area (Å²) in [5.74, 6) is -0.337. The number of sulfonamides is 1. The zero-order valence-corrected chi connectivity index (χ0v) is 17.2. The molecule has 3 N–H and O–H groups in total. The van der Waals surface area contributed by atoms with Crippen molar-refractivity contribution in [3.63, 3.8) is 0 Å². The normalized spacial score (nSPS) is 13.6. The Morgan fingerprint density at radius 2 is 1.83 bits per heavy atom. The van der Waals surface area contributed by atoms with Gasteiger partial charge in [-0.2, -0.15) is 0 Å². The van der Waals surface area contributed by atoms with Gasteiger partial charge in [0.05, 0.1) is 6.10 Å². The maximum Gasteiger partial charge on any atom is 0.240 e. The highest BCUT2D eigenvalue weighted by Gasteiger charge is 2.17. The Morgan fingerprint density at radius 3 is 2.47 bits per heavy atom. The fourth-order valence-electron chi connectivity index (χ4n) is 3.02. The first kappa shape index (κ1) is 21.9. The van der Waals surface area contributed by atoms with Crippen LogP contribution in [0.5, 0.6) is 5.75 Å². The van der Waals surface area contributed by atoms with Crippen molar-refractivity contribution in [3.05, 3.63) is 78.4 Å². The van der Waals surface area contributed by atoms with Crippen molar-refractivity contribution in [2.45, 2.75) is 36.9 Å². The number of aliphatic hydroxyl groups is 1. The number of pyridine rings is 1. The lowest BCUT2D eigenvalue weighted by Gasteiger charge is -2.20. The molecule has 0 amide bonds. The summed E-state index contributed by atoms with van der Waals surface area (Å²) in [6.07, 6.45) is 3.63. The number of aliphatic hydroxyl groups excluding tert-OH is 1. The van der Waals surface area contributed by atoms with E-state index in [-0.39, 0.29) is 0 Å². The largest absolute Gasteiger partial charge is 0.488 e. The van der Waals surface area contributed by atoms with Crippen LogP contribution in [0.3, 0.4) is 0 Å². The molecule has 0 spiro atoms. The van der Waals surface area contributed by atoms with E-state index in [1.807, 2.05) is 12.1 Å². The molecular weight excluding hydrogens is 407 g/mol. The van der Waals surface area contributed by atoms with Crippen molar-refractivity contribution in [1.82, 2.24) is 4.98 Å². The van der Waals surface area contributed by atoms with Gasteiger partial charge in [0.1, 0.15) is 22.6 Å². The maximum absolute atomic E-state index is 13.7. The number of hydrogen-bond acceptors (Lipinski definition) is 5. The molecule has 1 heterocycles. The Bertz CT molecular complexity index is 1090. The Morgan fingerprint density at radius 1 is 1.13 bits per heavy atom. The molecule has 3 rings (SSSR count). The number of rotatable bonds is 8. The number of nitrogens with two attached hydrogens (primary N) is 1. The minimum atomic E-state index is -4.15. The van der Waals surface area contributed by atoms with E-state index >= 15 is 0 Å². The number of hydrogen-bond donors (Lipinski definition) is 2. The van der Waals surface area contributed by atoms with Crippen molar-refractivity contribution >= 4 is 10.0 Å². The van der Waals surface area contributed by atoms with Crippen LogP contribution >= 0.6 is 0 Å². The highest BCUT2D eigenvalue weighted by Crippen LogP contribution is 2.26. The van der Waals surface area contributed by atoms with Gasteiger partial charge in [-0.05, 0) is 66.8 Å². The van der Waals surface area contributed by atoms with Gasteiger partial charge in [-0.25, -0.2) is 17.9 Å². The zero-order chi connectivity index (χ0) is 21.7. The highest BCUT2D eigenvalue weighted by molar-refractivity contribution is 7.89. The van der Waals surface area contributed by atoms with Crippen molar-refractivity contribution in [2.24, 2.45) is 5.14 Å². The predicted molar refractivity (Wildman–Crippen MR) is 112 cm³/mol. The predicted octanol–water partition coefficient (Wildman–Crippen LogP) is 3.30. The minimum Gasteiger partial charge on any atom is -0.488 e. The summed E-state index contributed by atoms with van der Waals surface area (Å²) >= 11 is 0. The fourth-order valence-corrected chi connectivity index (χ4v) is 3.65. The molecule has 2 aromatic carbocycles. The molecule has 0 aliphatic carbocycles. The van der Waals surface area contributed by atoms with E-state index in [0.29, 0.717) is 29.7 Å². The molecule has 1 aromatic heterocycles. The second-order valence-electron chi connectivity index (χ2n) is 7.00. The van der Waals surface area contributed by atoms with Gasteiger partial charge in [-0.15, -0.1) is 0 Å². The molecule has 0 bridgehead atoms. The Balaban J connectivity index is 1.64. The first-order valence-electron chi connectivity index (χ1n) is 9.40. The van der Waals surface area contributed by atoms with E-state index in [2.05, 4.69) is 4.98 Å². The van der Waals surface area contributed by atoms with Gasteiger partial charge < -0.3 is 9.84 Å². The molecule has 2 atom stereocenters. The molecule has 8 heteroatoms. The van der Waals surface area contributed by atoms with Crippen molar-refractivity contribution in [2.75, 3.05) is 0 Å². The van der Waals surface area contributed by atoms with E-state index in [0.717, 1.165) is 11.6 Å². The molecule has 3 aromatic rings. The summed E-state index contributed by atoms with van der Waals surface area (Å²) in [6, 6.07) is 14.4. The quantitative estimate of drug-likeness (QED) is 0.571. The van der Waals surface area contributed by atoms with Crippen LogP contribution in [0.4, 0.5) is 4.39 Å². The van der Waals surface area contributed by atoms with Gasteiger partial charge in [0, 0.05) is 12.4 Å². The van der Waals surface area contributed by atoms with Gasteiger partial charge in [-0.1, -0.05) is 24.3 Å². The third-order valence-electron chi connectivity index (χ3n) is 4.74. The molecule has 6 nitrogen and oxygen atoms in total. The monoisotopic (exact) mass is 430 g/mol. The summed E-state index contributed by atoms with van der Waals surface area (Å²) in [6.45, 7) is 1.79. The number of nitrogens with zero attached hydrogens (tertiary/aromatic N) is 1. The van der Waals surface area contributed by atoms with Crippen LogP contribution in [0.2, 0.25) is 0 Å².